The van der Waals surface area contributed by atoms with Crippen LogP contribution in [0.4, 0.5) is 0 Å². The first kappa shape index (κ1) is 22.0. The fraction of sp³-hybridized carbons (Fsp3) is 0.720. The number of hydrogen-bond donors (Lipinski definition) is 3. The molecule has 2 fully saturated rings. The fourth-order valence-electron chi connectivity index (χ4n) is 6.95. The van der Waals surface area contributed by atoms with Crippen LogP contribution < -0.4 is 10.1 Å². The normalized spacial score (nSPS) is 32.9. The van der Waals surface area contributed by atoms with Crippen molar-refractivity contribution >= 4 is 5.97 Å². The summed E-state index contributed by atoms with van der Waals surface area (Å²) in [6.07, 6.45) is 4.25. The van der Waals surface area contributed by atoms with Gasteiger partial charge in [0.15, 0.2) is 11.5 Å². The quantitative estimate of drug-likeness (QED) is 0.600. The zero-order valence-corrected chi connectivity index (χ0v) is 19.6. The summed E-state index contributed by atoms with van der Waals surface area (Å²) in [5, 5.41) is 24.3. The van der Waals surface area contributed by atoms with Gasteiger partial charge in [-0.05, 0) is 77.6 Å². The van der Waals surface area contributed by atoms with E-state index >= 15 is 0 Å². The molecule has 2 aliphatic heterocycles. The van der Waals surface area contributed by atoms with Crippen molar-refractivity contribution < 1.29 is 24.5 Å². The van der Waals surface area contributed by atoms with E-state index in [2.05, 4.69) is 17.3 Å². The molecular formula is C25H36N2O5. The van der Waals surface area contributed by atoms with Gasteiger partial charge in [0.25, 0.3) is 0 Å². The number of esters is 1. The van der Waals surface area contributed by atoms with Crippen LogP contribution in [0.1, 0.15) is 63.1 Å². The molecule has 1 aromatic carbocycles. The Kier molecular flexibility index (Phi) is 5.23. The van der Waals surface area contributed by atoms with Crippen molar-refractivity contribution in [1.82, 2.24) is 10.2 Å². The van der Waals surface area contributed by atoms with E-state index < -0.39 is 5.60 Å². The molecule has 2 unspecified atom stereocenters. The minimum atomic E-state index is -0.478. The van der Waals surface area contributed by atoms with E-state index in [1.54, 1.807) is 0 Å². The van der Waals surface area contributed by atoms with Gasteiger partial charge in [0, 0.05) is 35.2 Å². The number of piperidine rings is 1. The van der Waals surface area contributed by atoms with Crippen molar-refractivity contribution in [3.05, 3.63) is 22.8 Å². The zero-order chi connectivity index (χ0) is 22.8. The molecule has 2 heterocycles. The van der Waals surface area contributed by atoms with Crippen LogP contribution in [-0.2, 0) is 28.0 Å². The minimum absolute atomic E-state index is 0.0787. The summed E-state index contributed by atoms with van der Waals surface area (Å²) in [5.74, 6) is 0.976. The Hall–Kier alpha value is -1.83. The van der Waals surface area contributed by atoms with Crippen molar-refractivity contribution in [2.45, 2.75) is 88.7 Å². The number of aliphatic hydroxyl groups excluding tert-OH is 1. The minimum Gasteiger partial charge on any atom is -0.504 e. The number of carbonyl (C=O) groups excluding carboxylic acids is 1. The Morgan fingerprint density at radius 1 is 1.38 bits per heavy atom. The van der Waals surface area contributed by atoms with E-state index in [0.717, 1.165) is 32.2 Å². The van der Waals surface area contributed by atoms with Gasteiger partial charge in [-0.3, -0.25) is 4.79 Å². The lowest BCUT2D eigenvalue weighted by atomic mass is 9.51. The van der Waals surface area contributed by atoms with Crippen molar-refractivity contribution in [3.8, 4) is 11.5 Å². The van der Waals surface area contributed by atoms with Gasteiger partial charge in [-0.2, -0.15) is 0 Å². The third-order valence-electron chi connectivity index (χ3n) is 8.11. The van der Waals surface area contributed by atoms with E-state index in [9.17, 15) is 15.0 Å². The first-order valence-electron chi connectivity index (χ1n) is 12.0. The molecule has 32 heavy (non-hydrogen) atoms. The van der Waals surface area contributed by atoms with Gasteiger partial charge in [-0.25, -0.2) is 0 Å². The monoisotopic (exact) mass is 444 g/mol. The number of carbonyl (C=O) groups is 1. The Bertz CT molecular complexity index is 926. The van der Waals surface area contributed by atoms with Crippen LogP contribution in [0.2, 0.25) is 0 Å². The number of phenols is 1. The van der Waals surface area contributed by atoms with E-state index in [1.807, 2.05) is 26.8 Å². The number of nitrogens with one attached hydrogen (secondary N) is 1. The Labute approximate surface area is 190 Å². The van der Waals surface area contributed by atoms with Crippen LogP contribution in [0.15, 0.2) is 6.07 Å². The average Bonchev–Trinajstić information content (AvgIpc) is 3.07. The SMILES string of the molecule is CN1CC[C@]23c4c5cc(CO)c(O)c4OC2C(NCCC(=O)OC(C)(C)C)CC[C@H]3[C@H]1C5. The summed E-state index contributed by atoms with van der Waals surface area (Å²) in [5.41, 5.74) is 2.35. The third-order valence-corrected chi connectivity index (χ3v) is 8.11. The molecule has 5 rings (SSSR count). The summed E-state index contributed by atoms with van der Waals surface area (Å²) < 4.78 is 12.0. The van der Waals surface area contributed by atoms with Crippen LogP contribution in [0, 0.1) is 5.92 Å². The maximum absolute atomic E-state index is 12.2. The smallest absolute Gasteiger partial charge is 0.307 e. The lowest BCUT2D eigenvalue weighted by Gasteiger charge is -2.59. The van der Waals surface area contributed by atoms with Crippen molar-refractivity contribution in [2.75, 3.05) is 20.1 Å². The second-order valence-corrected chi connectivity index (χ2v) is 11.1. The lowest BCUT2D eigenvalue weighted by molar-refractivity contribution is -0.154. The highest BCUT2D eigenvalue weighted by Crippen LogP contribution is 2.64. The van der Waals surface area contributed by atoms with E-state index in [-0.39, 0.29) is 35.9 Å². The molecule has 1 aromatic rings. The summed E-state index contributed by atoms with van der Waals surface area (Å²) in [6, 6.07) is 2.55. The number of likely N-dealkylation sites (N-methyl/N-ethyl adjacent to an activating group) is 1. The number of nitrogens with zero attached hydrogens (tertiary/aromatic N) is 1. The molecule has 0 amide bonds. The molecule has 4 aliphatic rings. The number of hydrogen-bond acceptors (Lipinski definition) is 7. The lowest BCUT2D eigenvalue weighted by Crippen LogP contribution is -2.68. The second-order valence-electron chi connectivity index (χ2n) is 11.1. The molecule has 5 atom stereocenters. The maximum Gasteiger partial charge on any atom is 0.307 e. The highest BCUT2D eigenvalue weighted by molar-refractivity contribution is 5.70. The predicted molar refractivity (Wildman–Crippen MR) is 120 cm³/mol. The number of rotatable bonds is 5. The Morgan fingerprint density at radius 2 is 2.16 bits per heavy atom. The largest absolute Gasteiger partial charge is 0.504 e. The molecule has 1 spiro atoms. The van der Waals surface area contributed by atoms with Crippen molar-refractivity contribution in [3.63, 3.8) is 0 Å². The first-order valence-corrected chi connectivity index (χ1v) is 12.0. The standard InChI is InChI=1S/C25H36N2O5/c1-24(2,3)32-19(29)7-9-26-17-6-5-16-18-12-14-11-15(13-28)21(30)22-20(14)25(16,23(17)31-22)8-10-27(18)4/h11,16-18,23,26,28,30H,5-10,12-13H2,1-4H3/t16-,17?,18+,23?,25-/m0/s1. The molecule has 0 aromatic heterocycles. The van der Waals surface area contributed by atoms with Crippen molar-refractivity contribution in [2.24, 2.45) is 5.92 Å². The fourth-order valence-corrected chi connectivity index (χ4v) is 6.95. The molecular weight excluding hydrogens is 408 g/mol. The van der Waals surface area contributed by atoms with E-state index in [4.69, 9.17) is 9.47 Å². The molecule has 7 nitrogen and oxygen atoms in total. The van der Waals surface area contributed by atoms with Gasteiger partial charge < -0.3 is 29.9 Å². The third kappa shape index (κ3) is 3.24. The topological polar surface area (TPSA) is 91.3 Å². The maximum atomic E-state index is 12.2. The van der Waals surface area contributed by atoms with Gasteiger partial charge in [-0.1, -0.05) is 0 Å². The van der Waals surface area contributed by atoms with E-state index in [0.29, 0.717) is 36.2 Å². The van der Waals surface area contributed by atoms with Gasteiger partial charge >= 0.3 is 5.97 Å². The Balaban J connectivity index is 1.43. The van der Waals surface area contributed by atoms with Gasteiger partial charge in [0.1, 0.15) is 11.7 Å². The van der Waals surface area contributed by atoms with Crippen LogP contribution >= 0.6 is 0 Å². The summed E-state index contributed by atoms with van der Waals surface area (Å²) in [6.45, 7) is 6.99. The molecule has 2 bridgehead atoms. The first-order chi connectivity index (χ1) is 15.2. The highest BCUT2D eigenvalue weighted by atomic mass is 16.6. The summed E-state index contributed by atoms with van der Waals surface area (Å²) in [7, 11) is 2.22. The van der Waals surface area contributed by atoms with Crippen molar-refractivity contribution in [1.29, 1.82) is 0 Å². The number of benzene rings is 1. The number of aliphatic hydroxyl groups is 1. The van der Waals surface area contributed by atoms with Crippen LogP contribution in [-0.4, -0.2) is 65.0 Å². The molecule has 1 saturated carbocycles. The van der Waals surface area contributed by atoms with E-state index in [1.165, 1.54) is 11.1 Å². The van der Waals surface area contributed by atoms with Crippen LogP contribution in [0.25, 0.3) is 0 Å². The molecule has 2 aliphatic carbocycles. The second kappa shape index (κ2) is 7.61. The molecule has 1 saturated heterocycles. The molecule has 7 heteroatoms. The number of likely N-dealkylation sites (tertiary alicyclic amines) is 1. The zero-order valence-electron chi connectivity index (χ0n) is 19.6. The van der Waals surface area contributed by atoms with Gasteiger partial charge in [-0.15, -0.1) is 0 Å². The average molecular weight is 445 g/mol. The Morgan fingerprint density at radius 3 is 2.88 bits per heavy atom. The predicted octanol–water partition coefficient (Wildman–Crippen LogP) is 2.24. The highest BCUT2D eigenvalue weighted by Gasteiger charge is 2.65. The molecule has 176 valence electrons. The molecule has 3 N–H and O–H groups in total. The molecule has 0 radical (unpaired) electrons. The van der Waals surface area contributed by atoms with Crippen LogP contribution in [0.3, 0.4) is 0 Å². The summed E-state index contributed by atoms with van der Waals surface area (Å²) in [4.78, 5) is 14.7. The number of aromatic hydroxyl groups is 1. The number of ether oxygens (including phenoxy) is 2. The van der Waals surface area contributed by atoms with Gasteiger partial charge in [0.2, 0.25) is 0 Å². The summed E-state index contributed by atoms with van der Waals surface area (Å²) >= 11 is 0. The van der Waals surface area contributed by atoms with Gasteiger partial charge in [0.05, 0.1) is 13.0 Å². The van der Waals surface area contributed by atoms with Crippen LogP contribution in [0.5, 0.6) is 11.5 Å².